The Hall–Kier alpha value is -1.59. The maximum atomic E-state index is 11.4. The van der Waals surface area contributed by atoms with Gasteiger partial charge in [-0.05, 0) is 13.8 Å². The second-order valence-corrected chi connectivity index (χ2v) is 3.51. The van der Waals surface area contributed by atoms with Crippen LogP contribution in [0.15, 0.2) is 0 Å². The number of carbonyl (C=O) groups is 3. The first-order valence-corrected chi connectivity index (χ1v) is 5.08. The minimum atomic E-state index is -0.671. The molecule has 0 heterocycles. The average Bonchev–Trinajstić information content (AvgIpc) is 2.26. The highest BCUT2D eigenvalue weighted by molar-refractivity contribution is 5.91. The Balaban J connectivity index is 4.94. The Kier molecular flexibility index (Phi) is 5.49. The van der Waals surface area contributed by atoms with Gasteiger partial charge in [-0.3, -0.25) is 14.4 Å². The van der Waals surface area contributed by atoms with Gasteiger partial charge in [0.05, 0.1) is 0 Å². The first-order chi connectivity index (χ1) is 7.36. The average molecular weight is 229 g/mol. The number of carbonyl (C=O) groups excluding carboxylic acids is 3. The van der Waals surface area contributed by atoms with Crippen molar-refractivity contribution in [2.75, 3.05) is 14.1 Å². The minimum absolute atomic E-state index is 0.300. The SMILES string of the molecule is CNC(=O)C(C)N(C(C)=O)C(C)C(=O)NC. The Bertz CT molecular complexity index is 269. The zero-order valence-electron chi connectivity index (χ0n) is 10.3. The van der Waals surface area contributed by atoms with Gasteiger partial charge in [-0.15, -0.1) is 0 Å². The van der Waals surface area contributed by atoms with E-state index in [1.54, 1.807) is 13.8 Å². The van der Waals surface area contributed by atoms with Crippen molar-refractivity contribution in [3.63, 3.8) is 0 Å². The van der Waals surface area contributed by atoms with E-state index in [4.69, 9.17) is 0 Å². The van der Waals surface area contributed by atoms with Crippen LogP contribution in [0.4, 0.5) is 0 Å². The Labute approximate surface area is 95.4 Å². The molecule has 0 fully saturated rings. The van der Waals surface area contributed by atoms with E-state index in [-0.39, 0.29) is 17.7 Å². The molecule has 0 rings (SSSR count). The molecule has 92 valence electrons. The van der Waals surface area contributed by atoms with Gasteiger partial charge >= 0.3 is 0 Å². The number of hydrogen-bond acceptors (Lipinski definition) is 3. The molecule has 0 saturated heterocycles. The third-order valence-corrected chi connectivity index (χ3v) is 2.45. The van der Waals surface area contributed by atoms with Gasteiger partial charge in [0.1, 0.15) is 12.1 Å². The van der Waals surface area contributed by atoms with E-state index < -0.39 is 12.1 Å². The molecule has 0 aromatic heterocycles. The Morgan fingerprint density at radius 1 is 0.938 bits per heavy atom. The molecule has 2 N–H and O–H groups in total. The molecular formula is C10H19N3O3. The van der Waals surface area contributed by atoms with Crippen molar-refractivity contribution in [3.8, 4) is 0 Å². The van der Waals surface area contributed by atoms with E-state index in [1.165, 1.54) is 25.9 Å². The first kappa shape index (κ1) is 14.4. The van der Waals surface area contributed by atoms with Crippen LogP contribution in [0.5, 0.6) is 0 Å². The first-order valence-electron chi connectivity index (χ1n) is 5.08. The number of nitrogens with zero attached hydrogens (tertiary/aromatic N) is 1. The van der Waals surface area contributed by atoms with Crippen molar-refractivity contribution in [1.82, 2.24) is 15.5 Å². The van der Waals surface area contributed by atoms with E-state index >= 15 is 0 Å². The van der Waals surface area contributed by atoms with Crippen molar-refractivity contribution in [2.24, 2.45) is 0 Å². The van der Waals surface area contributed by atoms with Crippen LogP contribution in [0.2, 0.25) is 0 Å². The molecule has 0 saturated carbocycles. The molecule has 0 spiro atoms. The van der Waals surface area contributed by atoms with Crippen LogP contribution in [0.1, 0.15) is 20.8 Å². The van der Waals surface area contributed by atoms with Crippen LogP contribution in [0.25, 0.3) is 0 Å². The van der Waals surface area contributed by atoms with Gasteiger partial charge in [-0.2, -0.15) is 0 Å². The van der Waals surface area contributed by atoms with Crippen molar-refractivity contribution in [2.45, 2.75) is 32.9 Å². The van der Waals surface area contributed by atoms with E-state index in [0.717, 1.165) is 0 Å². The predicted molar refractivity (Wildman–Crippen MR) is 59.6 cm³/mol. The molecule has 0 aliphatic heterocycles. The van der Waals surface area contributed by atoms with Crippen molar-refractivity contribution >= 4 is 17.7 Å². The van der Waals surface area contributed by atoms with E-state index in [1.807, 2.05) is 0 Å². The summed E-state index contributed by atoms with van der Waals surface area (Å²) in [6.07, 6.45) is 0. The molecule has 0 radical (unpaired) electrons. The lowest BCUT2D eigenvalue weighted by molar-refractivity contribution is -0.144. The van der Waals surface area contributed by atoms with Gasteiger partial charge in [0.25, 0.3) is 0 Å². The zero-order chi connectivity index (χ0) is 12.9. The maximum absolute atomic E-state index is 11.4. The summed E-state index contributed by atoms with van der Waals surface area (Å²) in [5.74, 6) is -0.913. The molecular weight excluding hydrogens is 210 g/mol. The van der Waals surface area contributed by atoms with Crippen molar-refractivity contribution < 1.29 is 14.4 Å². The minimum Gasteiger partial charge on any atom is -0.357 e. The van der Waals surface area contributed by atoms with E-state index in [2.05, 4.69) is 10.6 Å². The maximum Gasteiger partial charge on any atom is 0.242 e. The second kappa shape index (κ2) is 6.09. The predicted octanol–water partition coefficient (Wildman–Crippen LogP) is -0.896. The summed E-state index contributed by atoms with van der Waals surface area (Å²) < 4.78 is 0. The smallest absolute Gasteiger partial charge is 0.242 e. The molecule has 2 atom stereocenters. The number of amides is 3. The quantitative estimate of drug-likeness (QED) is 0.656. The highest BCUT2D eigenvalue weighted by Crippen LogP contribution is 2.07. The fraction of sp³-hybridized carbons (Fsp3) is 0.700. The monoisotopic (exact) mass is 229 g/mol. The fourth-order valence-electron chi connectivity index (χ4n) is 1.55. The molecule has 0 aromatic rings. The molecule has 0 aromatic carbocycles. The summed E-state index contributed by atoms with van der Waals surface area (Å²) in [7, 11) is 2.98. The summed E-state index contributed by atoms with van der Waals surface area (Å²) in [6, 6.07) is -1.34. The van der Waals surface area contributed by atoms with Gasteiger partial charge in [0, 0.05) is 21.0 Å². The second-order valence-electron chi connectivity index (χ2n) is 3.51. The van der Waals surface area contributed by atoms with Crippen LogP contribution in [-0.4, -0.2) is 48.8 Å². The van der Waals surface area contributed by atoms with Gasteiger partial charge in [-0.1, -0.05) is 0 Å². The molecule has 6 nitrogen and oxygen atoms in total. The topological polar surface area (TPSA) is 78.5 Å². The van der Waals surface area contributed by atoms with Crippen LogP contribution >= 0.6 is 0 Å². The van der Waals surface area contributed by atoms with Crippen LogP contribution in [0, 0.1) is 0 Å². The van der Waals surface area contributed by atoms with Gasteiger partial charge in [-0.25, -0.2) is 0 Å². The standard InChI is InChI=1S/C10H19N3O3/c1-6(9(15)11-4)13(8(3)14)7(2)10(16)12-5/h6-7H,1-5H3,(H,11,15)(H,12,16). The molecule has 6 heteroatoms. The zero-order valence-corrected chi connectivity index (χ0v) is 10.3. The lowest BCUT2D eigenvalue weighted by Gasteiger charge is -2.31. The molecule has 0 aliphatic carbocycles. The number of hydrogen-bond donors (Lipinski definition) is 2. The van der Waals surface area contributed by atoms with Gasteiger partial charge in [0.15, 0.2) is 0 Å². The summed E-state index contributed by atoms with van der Waals surface area (Å²) >= 11 is 0. The molecule has 16 heavy (non-hydrogen) atoms. The summed E-state index contributed by atoms with van der Waals surface area (Å²) in [6.45, 7) is 4.50. The van der Waals surface area contributed by atoms with E-state index in [9.17, 15) is 14.4 Å². The van der Waals surface area contributed by atoms with Crippen LogP contribution in [0.3, 0.4) is 0 Å². The molecule has 0 bridgehead atoms. The number of rotatable bonds is 4. The Morgan fingerprint density at radius 3 is 1.44 bits per heavy atom. The van der Waals surface area contributed by atoms with Gasteiger partial charge in [0.2, 0.25) is 17.7 Å². The third kappa shape index (κ3) is 3.22. The summed E-state index contributed by atoms with van der Waals surface area (Å²) in [5.41, 5.74) is 0. The van der Waals surface area contributed by atoms with Crippen LogP contribution in [-0.2, 0) is 14.4 Å². The highest BCUT2D eigenvalue weighted by atomic mass is 16.2. The van der Waals surface area contributed by atoms with Crippen molar-refractivity contribution in [1.29, 1.82) is 0 Å². The number of likely N-dealkylation sites (N-methyl/N-ethyl adjacent to an activating group) is 2. The normalized spacial score (nSPS) is 13.6. The number of nitrogens with one attached hydrogen (secondary N) is 2. The van der Waals surface area contributed by atoms with Gasteiger partial charge < -0.3 is 15.5 Å². The summed E-state index contributed by atoms with van der Waals surface area (Å²) in [4.78, 5) is 35.6. The molecule has 2 unspecified atom stereocenters. The van der Waals surface area contributed by atoms with E-state index in [0.29, 0.717) is 0 Å². The molecule has 3 amide bonds. The lowest BCUT2D eigenvalue weighted by Crippen LogP contribution is -2.54. The van der Waals surface area contributed by atoms with Crippen LogP contribution < -0.4 is 10.6 Å². The highest BCUT2D eigenvalue weighted by Gasteiger charge is 2.30. The largest absolute Gasteiger partial charge is 0.357 e. The summed E-state index contributed by atoms with van der Waals surface area (Å²) in [5, 5.41) is 4.89. The third-order valence-electron chi connectivity index (χ3n) is 2.45. The van der Waals surface area contributed by atoms with Crippen molar-refractivity contribution in [3.05, 3.63) is 0 Å². The molecule has 0 aliphatic rings. The Morgan fingerprint density at radius 2 is 1.25 bits per heavy atom. The fourth-order valence-corrected chi connectivity index (χ4v) is 1.55. The lowest BCUT2D eigenvalue weighted by atomic mass is 10.1.